The number of hydrogen-bond acceptors (Lipinski definition) is 5. The van der Waals surface area contributed by atoms with Crippen molar-refractivity contribution in [2.75, 3.05) is 19.8 Å². The third-order valence-corrected chi connectivity index (χ3v) is 4.28. The van der Waals surface area contributed by atoms with Gasteiger partial charge in [0.15, 0.2) is 0 Å². The molecule has 1 rings (SSSR count). The predicted molar refractivity (Wildman–Crippen MR) is 80.6 cm³/mol. The van der Waals surface area contributed by atoms with E-state index in [-0.39, 0.29) is 34.3 Å². The largest absolute Gasteiger partial charge is 0.460 e. The number of benzene rings is 1. The van der Waals surface area contributed by atoms with Crippen LogP contribution >= 0.6 is 22.3 Å². The molecule has 0 N–H and O–H groups in total. The first-order valence-corrected chi connectivity index (χ1v) is 8.95. The smallest absolute Gasteiger partial charge is 0.338 e. The normalized spacial score (nSPS) is 11.4. The van der Waals surface area contributed by atoms with Crippen LogP contribution in [0.2, 0.25) is 5.02 Å². The van der Waals surface area contributed by atoms with Gasteiger partial charge in [0.25, 0.3) is 9.05 Å². The molecule has 0 bridgehead atoms. The molecule has 0 radical (unpaired) electrons. The van der Waals surface area contributed by atoms with Gasteiger partial charge in [-0.05, 0) is 31.0 Å². The van der Waals surface area contributed by atoms with E-state index in [1.807, 2.05) is 6.92 Å². The van der Waals surface area contributed by atoms with Gasteiger partial charge in [-0.1, -0.05) is 18.5 Å². The van der Waals surface area contributed by atoms with Gasteiger partial charge >= 0.3 is 5.97 Å². The van der Waals surface area contributed by atoms with E-state index in [2.05, 4.69) is 0 Å². The fraction of sp³-hybridized carbons (Fsp3) is 0.462. The molecule has 0 saturated heterocycles. The Morgan fingerprint density at radius 1 is 1.24 bits per heavy atom. The molecule has 0 amide bonds. The van der Waals surface area contributed by atoms with Crippen molar-refractivity contribution < 1.29 is 22.7 Å². The summed E-state index contributed by atoms with van der Waals surface area (Å²) in [6, 6.07) is 2.54. The summed E-state index contributed by atoms with van der Waals surface area (Å²) in [5.41, 5.74) is 0.270. The van der Waals surface area contributed by atoms with Crippen molar-refractivity contribution in [3.63, 3.8) is 0 Å². The summed E-state index contributed by atoms with van der Waals surface area (Å²) >= 11 is 5.82. The van der Waals surface area contributed by atoms with Gasteiger partial charge < -0.3 is 9.47 Å². The summed E-state index contributed by atoms with van der Waals surface area (Å²) < 4.78 is 33.1. The Kier molecular flexibility index (Phi) is 6.93. The number of rotatable bonds is 7. The highest BCUT2D eigenvalue weighted by molar-refractivity contribution is 8.13. The fourth-order valence-electron chi connectivity index (χ4n) is 1.64. The molecule has 0 fully saturated rings. The van der Waals surface area contributed by atoms with Crippen molar-refractivity contribution in [1.29, 1.82) is 0 Å². The van der Waals surface area contributed by atoms with Crippen LogP contribution in [0.3, 0.4) is 0 Å². The average Bonchev–Trinajstić information content (AvgIpc) is 2.39. The number of carbonyl (C=O) groups excluding carboxylic acids is 1. The Morgan fingerprint density at radius 2 is 1.90 bits per heavy atom. The Hall–Kier alpha value is -0.820. The Balaban J connectivity index is 2.88. The lowest BCUT2D eigenvalue weighted by Crippen LogP contribution is -2.13. The van der Waals surface area contributed by atoms with E-state index in [0.29, 0.717) is 6.61 Å². The van der Waals surface area contributed by atoms with Gasteiger partial charge in [0.2, 0.25) is 0 Å². The van der Waals surface area contributed by atoms with Crippen LogP contribution in [-0.4, -0.2) is 34.2 Å². The molecule has 0 aromatic heterocycles. The molecule has 1 aromatic carbocycles. The monoisotopic (exact) mass is 354 g/mol. The number of hydrogen-bond donors (Lipinski definition) is 0. The zero-order valence-corrected chi connectivity index (χ0v) is 14.0. The molecular formula is C13H16Cl2O5S. The summed E-state index contributed by atoms with van der Waals surface area (Å²) in [7, 11) is 1.33. The van der Waals surface area contributed by atoms with E-state index in [4.69, 9.17) is 31.8 Å². The van der Waals surface area contributed by atoms with E-state index in [0.717, 1.165) is 6.42 Å². The van der Waals surface area contributed by atoms with Gasteiger partial charge in [0, 0.05) is 22.3 Å². The second-order valence-corrected chi connectivity index (χ2v) is 7.23. The molecule has 1 aromatic rings. The molecule has 21 heavy (non-hydrogen) atoms. The molecule has 0 aliphatic heterocycles. The molecule has 0 saturated carbocycles. The number of carbonyl (C=O) groups is 1. The predicted octanol–water partition coefficient (Wildman–Crippen LogP) is 3.16. The number of esters is 1. The highest BCUT2D eigenvalue weighted by Gasteiger charge is 2.21. The lowest BCUT2D eigenvalue weighted by atomic mass is 10.1. The Bertz CT molecular complexity index is 613. The van der Waals surface area contributed by atoms with Crippen molar-refractivity contribution in [3.05, 3.63) is 28.3 Å². The van der Waals surface area contributed by atoms with Gasteiger partial charge in [0.05, 0.1) is 17.1 Å². The van der Waals surface area contributed by atoms with Crippen LogP contribution in [0.4, 0.5) is 0 Å². The van der Waals surface area contributed by atoms with Crippen molar-refractivity contribution in [2.24, 2.45) is 0 Å². The third-order valence-electron chi connectivity index (χ3n) is 2.62. The quantitative estimate of drug-likeness (QED) is 0.427. The minimum atomic E-state index is -3.99. The van der Waals surface area contributed by atoms with E-state index < -0.39 is 15.0 Å². The Morgan fingerprint density at radius 3 is 2.48 bits per heavy atom. The lowest BCUT2D eigenvalue weighted by molar-refractivity contribution is 0.0317. The van der Waals surface area contributed by atoms with Gasteiger partial charge in [-0.15, -0.1) is 0 Å². The van der Waals surface area contributed by atoms with E-state index in [9.17, 15) is 13.2 Å². The Labute approximate surface area is 133 Å². The maximum Gasteiger partial charge on any atom is 0.338 e. The maximum atomic E-state index is 12.0. The van der Waals surface area contributed by atoms with Crippen molar-refractivity contribution >= 4 is 37.3 Å². The van der Waals surface area contributed by atoms with Crippen LogP contribution in [0.25, 0.3) is 0 Å². The molecule has 5 nitrogen and oxygen atoms in total. The SMILES string of the molecule is CCCOCCOC(=O)c1cc(Cl)cc(S(=O)(=O)Cl)c1C. The van der Waals surface area contributed by atoms with Crippen LogP contribution in [0, 0.1) is 6.92 Å². The van der Waals surface area contributed by atoms with E-state index in [1.165, 1.54) is 19.1 Å². The highest BCUT2D eigenvalue weighted by Crippen LogP contribution is 2.27. The first kappa shape index (κ1) is 18.2. The summed E-state index contributed by atoms with van der Waals surface area (Å²) in [6.07, 6.45) is 0.873. The first-order valence-electron chi connectivity index (χ1n) is 6.27. The molecule has 0 aliphatic rings. The second kappa shape index (κ2) is 7.98. The van der Waals surface area contributed by atoms with Crippen molar-refractivity contribution in [2.45, 2.75) is 25.2 Å². The molecule has 0 heterocycles. The van der Waals surface area contributed by atoms with E-state index in [1.54, 1.807) is 0 Å². The standard InChI is InChI=1S/C13H16Cl2O5S/c1-3-4-19-5-6-20-13(16)11-7-10(14)8-12(9(11)2)21(15,17)18/h7-8H,3-6H2,1-2H3. The molecule has 118 valence electrons. The average molecular weight is 355 g/mol. The van der Waals surface area contributed by atoms with Crippen LogP contribution in [-0.2, 0) is 18.5 Å². The summed E-state index contributed by atoms with van der Waals surface area (Å²) in [4.78, 5) is 11.8. The lowest BCUT2D eigenvalue weighted by Gasteiger charge is -2.10. The van der Waals surface area contributed by atoms with Crippen LogP contribution in [0.15, 0.2) is 17.0 Å². The minimum Gasteiger partial charge on any atom is -0.460 e. The van der Waals surface area contributed by atoms with Crippen LogP contribution < -0.4 is 0 Å². The van der Waals surface area contributed by atoms with Gasteiger partial charge in [-0.25, -0.2) is 13.2 Å². The highest BCUT2D eigenvalue weighted by atomic mass is 35.7. The summed E-state index contributed by atoms with van der Waals surface area (Å²) in [6.45, 7) is 4.38. The molecule has 0 spiro atoms. The molecule has 0 unspecified atom stereocenters. The molecule has 0 aliphatic carbocycles. The summed E-state index contributed by atoms with van der Waals surface area (Å²) in [5.74, 6) is -0.670. The maximum absolute atomic E-state index is 12.0. The molecule has 8 heteroatoms. The van der Waals surface area contributed by atoms with Crippen molar-refractivity contribution in [3.8, 4) is 0 Å². The second-order valence-electron chi connectivity index (χ2n) is 4.26. The van der Waals surface area contributed by atoms with Gasteiger partial charge in [-0.2, -0.15) is 0 Å². The first-order chi connectivity index (χ1) is 9.77. The fourth-order valence-corrected chi connectivity index (χ4v) is 3.14. The third kappa shape index (κ3) is 5.47. The van der Waals surface area contributed by atoms with Gasteiger partial charge in [0.1, 0.15) is 6.61 Å². The summed E-state index contributed by atoms with van der Waals surface area (Å²) in [5, 5.41) is 0.0917. The van der Waals surface area contributed by atoms with Crippen LogP contribution in [0.5, 0.6) is 0 Å². The van der Waals surface area contributed by atoms with Gasteiger partial charge in [-0.3, -0.25) is 0 Å². The molecular weight excluding hydrogens is 339 g/mol. The minimum absolute atomic E-state index is 0.0669. The number of halogens is 2. The topological polar surface area (TPSA) is 69.7 Å². The number of ether oxygens (including phenoxy) is 2. The van der Waals surface area contributed by atoms with Crippen LogP contribution in [0.1, 0.15) is 29.3 Å². The zero-order valence-electron chi connectivity index (χ0n) is 11.7. The van der Waals surface area contributed by atoms with Crippen molar-refractivity contribution in [1.82, 2.24) is 0 Å². The molecule has 0 atom stereocenters. The van der Waals surface area contributed by atoms with E-state index >= 15 is 0 Å². The zero-order chi connectivity index (χ0) is 16.0.